The highest BCUT2D eigenvalue weighted by atomic mass is 35.5. The third kappa shape index (κ3) is 4.44. The highest BCUT2D eigenvalue weighted by Crippen LogP contribution is 2.49. The molecule has 0 bridgehead atoms. The Hall–Kier alpha value is -2.28. The van der Waals surface area contributed by atoms with Crippen LogP contribution in [-0.4, -0.2) is 52.8 Å². The molecule has 3 heterocycles. The highest BCUT2D eigenvalue weighted by molar-refractivity contribution is 7.80. The molecule has 4 rings (SSSR count). The number of nitrogens with zero attached hydrogens (tertiary/aromatic N) is 3. The summed E-state index contributed by atoms with van der Waals surface area (Å²) in [6.07, 6.45) is -2.28. The first kappa shape index (κ1) is 23.9. The molecule has 2 aliphatic heterocycles. The quantitative estimate of drug-likeness (QED) is 0.361. The molecule has 33 heavy (non-hydrogen) atoms. The smallest absolute Gasteiger partial charge is 0.362 e. The van der Waals surface area contributed by atoms with Gasteiger partial charge >= 0.3 is 6.18 Å². The molecular weight excluding hydrogens is 509 g/mol. The number of nitrogens with one attached hydrogen (secondary N) is 2. The molecule has 2 aliphatic rings. The van der Waals surface area contributed by atoms with Crippen molar-refractivity contribution in [2.75, 3.05) is 24.6 Å². The predicted molar refractivity (Wildman–Crippen MR) is 116 cm³/mol. The minimum atomic E-state index is -4.67. The van der Waals surface area contributed by atoms with Crippen LogP contribution in [0.5, 0.6) is 0 Å². The minimum Gasteiger partial charge on any atom is -0.362 e. The second-order valence-electron chi connectivity index (χ2n) is 7.58. The zero-order valence-corrected chi connectivity index (χ0v) is 18.9. The Morgan fingerprint density at radius 3 is 2.45 bits per heavy atom. The lowest BCUT2D eigenvalue weighted by atomic mass is 9.79. The molecule has 2 N–H and O–H groups in total. The van der Waals surface area contributed by atoms with E-state index in [2.05, 4.69) is 20.8 Å². The van der Waals surface area contributed by atoms with Crippen molar-refractivity contribution in [2.45, 2.75) is 24.1 Å². The second kappa shape index (κ2) is 8.82. The molecular formula is C19H15Cl2F4N5O2S. The van der Waals surface area contributed by atoms with Crippen LogP contribution in [0.3, 0.4) is 0 Å². The molecule has 2 fully saturated rings. The van der Waals surface area contributed by atoms with E-state index in [1.165, 1.54) is 17.3 Å². The van der Waals surface area contributed by atoms with Crippen molar-refractivity contribution >= 4 is 52.3 Å². The maximum absolute atomic E-state index is 14.2. The molecule has 0 aliphatic carbocycles. The number of carbonyl (C=O) groups is 1. The Morgan fingerprint density at radius 2 is 1.91 bits per heavy atom. The number of benzene rings is 1. The van der Waals surface area contributed by atoms with Gasteiger partial charge < -0.3 is 10.2 Å². The number of anilines is 1. The number of hydroxylamine groups is 1. The number of aromatic nitrogens is 2. The van der Waals surface area contributed by atoms with Gasteiger partial charge in [-0.05, 0) is 24.1 Å². The van der Waals surface area contributed by atoms with Gasteiger partial charge in [-0.1, -0.05) is 35.4 Å². The molecule has 1 amide bonds. The SMILES string of the molecule is O=C1NOCC1NC(=S)c1cnc(N2CCC(c3cc(Cl)c(F)c(Cl)c3)(C(F)(F)F)C2)nc1. The van der Waals surface area contributed by atoms with E-state index < -0.39 is 40.0 Å². The number of carbonyl (C=O) groups excluding carboxylic acids is 1. The molecule has 2 unspecified atom stereocenters. The molecule has 0 saturated carbocycles. The third-order valence-electron chi connectivity index (χ3n) is 5.58. The van der Waals surface area contributed by atoms with Gasteiger partial charge in [0.2, 0.25) is 5.95 Å². The van der Waals surface area contributed by atoms with E-state index >= 15 is 0 Å². The van der Waals surface area contributed by atoms with Crippen molar-refractivity contribution in [1.29, 1.82) is 0 Å². The number of thiocarbonyl (C=S) groups is 1. The first-order chi connectivity index (χ1) is 15.5. The predicted octanol–water partition coefficient (Wildman–Crippen LogP) is 3.33. The van der Waals surface area contributed by atoms with Crippen molar-refractivity contribution in [3.63, 3.8) is 0 Å². The summed E-state index contributed by atoms with van der Waals surface area (Å²) >= 11 is 16.8. The molecule has 2 aromatic rings. The van der Waals surface area contributed by atoms with E-state index in [9.17, 15) is 22.4 Å². The molecule has 0 radical (unpaired) electrons. The van der Waals surface area contributed by atoms with E-state index in [1.54, 1.807) is 0 Å². The Morgan fingerprint density at radius 1 is 1.27 bits per heavy atom. The molecule has 176 valence electrons. The zero-order chi connectivity index (χ0) is 24.0. The van der Waals surface area contributed by atoms with Crippen LogP contribution >= 0.6 is 35.4 Å². The van der Waals surface area contributed by atoms with E-state index in [0.29, 0.717) is 5.56 Å². The van der Waals surface area contributed by atoms with Crippen molar-refractivity contribution in [2.24, 2.45) is 0 Å². The van der Waals surface area contributed by atoms with Crippen molar-refractivity contribution < 1.29 is 27.2 Å². The van der Waals surface area contributed by atoms with Gasteiger partial charge in [0, 0.05) is 31.0 Å². The Bertz CT molecular complexity index is 1080. The molecule has 7 nitrogen and oxygen atoms in total. The standard InChI is InChI=1S/C19H15Cl2F4N5O2S/c20-11-3-10(4-12(21)14(11)22)18(19(23,24)25)1-2-30(8-18)17-26-5-9(6-27-17)16(33)28-13-7-32-29-15(13)31/h3-6,13H,1-2,7-8H2,(H,28,33)(H,29,31). The lowest BCUT2D eigenvalue weighted by molar-refractivity contribution is -0.184. The van der Waals surface area contributed by atoms with Crippen molar-refractivity contribution in [3.8, 4) is 0 Å². The van der Waals surface area contributed by atoms with Gasteiger partial charge in [0.15, 0.2) is 5.82 Å². The molecule has 1 aromatic heterocycles. The minimum absolute atomic E-state index is 0.00620. The van der Waals surface area contributed by atoms with Gasteiger partial charge in [0.1, 0.15) is 23.1 Å². The average Bonchev–Trinajstić information content (AvgIpc) is 3.39. The van der Waals surface area contributed by atoms with Gasteiger partial charge in [0.25, 0.3) is 5.91 Å². The normalized spacial score (nSPS) is 23.0. The van der Waals surface area contributed by atoms with Crippen molar-refractivity contribution in [1.82, 2.24) is 20.8 Å². The van der Waals surface area contributed by atoms with E-state index in [4.69, 9.17) is 40.3 Å². The van der Waals surface area contributed by atoms with Gasteiger partial charge in [-0.2, -0.15) is 13.2 Å². The number of amides is 1. The maximum atomic E-state index is 14.2. The summed E-state index contributed by atoms with van der Waals surface area (Å²) in [5, 5.41) is 1.83. The summed E-state index contributed by atoms with van der Waals surface area (Å²) in [7, 11) is 0. The van der Waals surface area contributed by atoms with E-state index in [-0.39, 0.29) is 42.0 Å². The summed E-state index contributed by atoms with van der Waals surface area (Å²) < 4.78 is 56.5. The van der Waals surface area contributed by atoms with Crippen LogP contribution in [0, 0.1) is 5.82 Å². The number of halogens is 6. The average molecular weight is 524 g/mol. The summed E-state index contributed by atoms with van der Waals surface area (Å²) in [4.78, 5) is 26.2. The van der Waals surface area contributed by atoms with Crippen LogP contribution in [0.4, 0.5) is 23.5 Å². The van der Waals surface area contributed by atoms with Crippen LogP contribution in [0.25, 0.3) is 0 Å². The Kier molecular flexibility index (Phi) is 6.38. The topological polar surface area (TPSA) is 79.4 Å². The first-order valence-electron chi connectivity index (χ1n) is 9.53. The Balaban J connectivity index is 1.55. The van der Waals surface area contributed by atoms with Crippen LogP contribution in [0.1, 0.15) is 17.5 Å². The molecule has 1 aromatic carbocycles. The summed E-state index contributed by atoms with van der Waals surface area (Å²) in [5.41, 5.74) is 0.00959. The number of rotatable bonds is 4. The zero-order valence-electron chi connectivity index (χ0n) is 16.5. The Labute approximate surface area is 200 Å². The first-order valence-corrected chi connectivity index (χ1v) is 10.7. The molecule has 2 atom stereocenters. The van der Waals surface area contributed by atoms with Gasteiger partial charge in [0.05, 0.1) is 10.0 Å². The number of hydrogen-bond acceptors (Lipinski definition) is 6. The second-order valence-corrected chi connectivity index (χ2v) is 8.80. The lowest BCUT2D eigenvalue weighted by Crippen LogP contribution is -2.45. The summed E-state index contributed by atoms with van der Waals surface area (Å²) in [6, 6.07) is 1.24. The molecule has 0 spiro atoms. The fourth-order valence-corrected chi connectivity index (χ4v) is 4.47. The maximum Gasteiger partial charge on any atom is 0.400 e. The van der Waals surface area contributed by atoms with Gasteiger partial charge in [-0.3, -0.25) is 9.63 Å². The van der Waals surface area contributed by atoms with Crippen LogP contribution in [0.15, 0.2) is 24.5 Å². The largest absolute Gasteiger partial charge is 0.400 e. The summed E-state index contributed by atoms with van der Waals surface area (Å²) in [6.45, 7) is -0.424. The number of hydrogen-bond donors (Lipinski definition) is 2. The number of alkyl halides is 3. The fraction of sp³-hybridized carbons (Fsp3) is 0.368. The van der Waals surface area contributed by atoms with Gasteiger partial charge in [-0.25, -0.2) is 19.8 Å². The lowest BCUT2D eigenvalue weighted by Gasteiger charge is -2.32. The fourth-order valence-electron chi connectivity index (χ4n) is 3.74. The van der Waals surface area contributed by atoms with Crippen LogP contribution < -0.4 is 15.7 Å². The highest BCUT2D eigenvalue weighted by Gasteiger charge is 2.59. The van der Waals surface area contributed by atoms with Crippen molar-refractivity contribution in [3.05, 3.63) is 51.5 Å². The molecule has 2 saturated heterocycles. The molecule has 14 heteroatoms. The third-order valence-corrected chi connectivity index (χ3v) is 6.48. The van der Waals surface area contributed by atoms with Crippen LogP contribution in [0.2, 0.25) is 10.0 Å². The van der Waals surface area contributed by atoms with Crippen LogP contribution in [-0.2, 0) is 15.0 Å². The van der Waals surface area contributed by atoms with E-state index in [0.717, 1.165) is 12.1 Å². The van der Waals surface area contributed by atoms with Gasteiger partial charge in [-0.15, -0.1) is 0 Å². The van der Waals surface area contributed by atoms with E-state index in [1.807, 2.05) is 0 Å². The monoisotopic (exact) mass is 523 g/mol. The summed E-state index contributed by atoms with van der Waals surface area (Å²) in [5.74, 6) is -1.29.